The molecular weight excluding hydrogens is 476 g/mol. The number of fused-ring (bicyclic) bond motifs is 1. The summed E-state index contributed by atoms with van der Waals surface area (Å²) in [5, 5.41) is 8.63. The Bertz CT molecular complexity index is 1610. The Balaban J connectivity index is 1.22. The van der Waals surface area contributed by atoms with Crippen LogP contribution in [0.4, 0.5) is 8.78 Å². The minimum absolute atomic E-state index is 0.00232. The molecule has 0 fully saturated rings. The van der Waals surface area contributed by atoms with Gasteiger partial charge in [0.2, 0.25) is 0 Å². The van der Waals surface area contributed by atoms with Crippen molar-refractivity contribution in [3.63, 3.8) is 0 Å². The van der Waals surface area contributed by atoms with Gasteiger partial charge in [-0.2, -0.15) is 5.10 Å². The highest BCUT2D eigenvalue weighted by molar-refractivity contribution is 5.75. The number of hydrogen-bond acceptors (Lipinski definition) is 6. The zero-order chi connectivity index (χ0) is 25.4. The van der Waals surface area contributed by atoms with Crippen LogP contribution in [0.3, 0.4) is 0 Å². The molecule has 3 aromatic rings. The summed E-state index contributed by atoms with van der Waals surface area (Å²) in [6.07, 6.45) is 9.97. The van der Waals surface area contributed by atoms with Crippen LogP contribution < -0.4 is 0 Å². The highest BCUT2D eigenvalue weighted by Gasteiger charge is 2.34. The number of methoxy groups -OCH3 is 1. The highest BCUT2D eigenvalue weighted by atomic mass is 19.2. The largest absolute Gasteiger partial charge is 0.367 e. The molecule has 184 valence electrons. The monoisotopic (exact) mass is 497 g/mol. The number of aromatic nitrogens is 5. The molecule has 0 radical (unpaired) electrons. The molecule has 3 heterocycles. The predicted octanol–water partition coefficient (Wildman–Crippen LogP) is 5.64. The molecule has 7 nitrogen and oxygen atoms in total. The average Bonchev–Trinajstić information content (AvgIpc) is 3.58. The highest BCUT2D eigenvalue weighted by Crippen LogP contribution is 2.37. The smallest absolute Gasteiger partial charge is 0.169 e. The van der Waals surface area contributed by atoms with Gasteiger partial charge in [0, 0.05) is 19.6 Å². The predicted molar refractivity (Wildman–Crippen MR) is 132 cm³/mol. The fourth-order valence-corrected chi connectivity index (χ4v) is 4.40. The van der Waals surface area contributed by atoms with Crippen molar-refractivity contribution in [3.8, 4) is 22.8 Å². The van der Waals surface area contributed by atoms with Crippen LogP contribution in [0.15, 0.2) is 89.7 Å². The molecule has 0 saturated carbocycles. The van der Waals surface area contributed by atoms with Crippen LogP contribution in [0.1, 0.15) is 23.4 Å². The van der Waals surface area contributed by atoms with Gasteiger partial charge in [-0.3, -0.25) is 4.68 Å². The minimum atomic E-state index is -0.984. The fourth-order valence-electron chi connectivity index (χ4n) is 4.40. The van der Waals surface area contributed by atoms with Crippen LogP contribution in [0.5, 0.6) is 0 Å². The zero-order valence-electron chi connectivity index (χ0n) is 19.8. The molecule has 0 saturated heterocycles. The van der Waals surface area contributed by atoms with Crippen LogP contribution in [-0.4, -0.2) is 32.0 Å². The lowest BCUT2D eigenvalue weighted by atomic mass is 9.87. The normalized spacial score (nSPS) is 17.3. The molecule has 0 amide bonds. The van der Waals surface area contributed by atoms with Gasteiger partial charge in [0.15, 0.2) is 23.2 Å². The van der Waals surface area contributed by atoms with E-state index in [4.69, 9.17) is 9.26 Å². The fraction of sp³-hybridized carbons (Fsp3) is 0.143. The van der Waals surface area contributed by atoms with Crippen molar-refractivity contribution in [2.75, 3.05) is 7.11 Å². The number of allylic oxidation sites excluding steroid dienone is 2. The summed E-state index contributed by atoms with van der Waals surface area (Å²) in [7, 11) is 1.65. The third kappa shape index (κ3) is 4.23. The molecule has 2 aromatic carbocycles. The van der Waals surface area contributed by atoms with Gasteiger partial charge in [0.05, 0.1) is 18.0 Å². The number of rotatable bonds is 6. The van der Waals surface area contributed by atoms with E-state index in [9.17, 15) is 8.78 Å². The number of nitrogens with zero attached hydrogens (tertiary/aromatic N) is 5. The maximum atomic E-state index is 14.2. The van der Waals surface area contributed by atoms with Crippen molar-refractivity contribution in [1.29, 1.82) is 0 Å². The summed E-state index contributed by atoms with van der Waals surface area (Å²) in [5.41, 5.74) is 3.15. The second kappa shape index (κ2) is 9.18. The molecule has 6 rings (SSSR count). The molecule has 1 aromatic heterocycles. The summed E-state index contributed by atoms with van der Waals surface area (Å²) in [6, 6.07) is 15.9. The van der Waals surface area contributed by atoms with Crippen molar-refractivity contribution in [1.82, 2.24) is 24.9 Å². The van der Waals surface area contributed by atoms with Crippen molar-refractivity contribution in [2.24, 2.45) is 0 Å². The van der Waals surface area contributed by atoms with E-state index in [1.54, 1.807) is 18.0 Å². The Kier molecular flexibility index (Phi) is 5.69. The van der Waals surface area contributed by atoms with Crippen molar-refractivity contribution in [2.45, 2.75) is 18.6 Å². The third-order valence-corrected chi connectivity index (χ3v) is 6.45. The van der Waals surface area contributed by atoms with Crippen LogP contribution in [0.2, 0.25) is 0 Å². The number of imidazole rings is 1. The van der Waals surface area contributed by atoms with Gasteiger partial charge in [-0.05, 0) is 29.3 Å². The SMILES string of the molecule is COC1(c2cc(Cn3cc4nc(-c5cccc(F)c5F)nc-4cn3)on2)C=CC(c2ccccc2)=CC1. The van der Waals surface area contributed by atoms with Crippen molar-refractivity contribution < 1.29 is 18.0 Å². The van der Waals surface area contributed by atoms with E-state index in [-0.39, 0.29) is 17.9 Å². The minimum Gasteiger partial charge on any atom is -0.367 e. The van der Waals surface area contributed by atoms with Gasteiger partial charge in [0.1, 0.15) is 29.2 Å². The van der Waals surface area contributed by atoms with E-state index in [2.05, 4.69) is 38.4 Å². The van der Waals surface area contributed by atoms with E-state index >= 15 is 0 Å². The Labute approximate surface area is 211 Å². The van der Waals surface area contributed by atoms with E-state index in [1.807, 2.05) is 36.4 Å². The first-order chi connectivity index (χ1) is 18.0. The Morgan fingerprint density at radius 3 is 2.68 bits per heavy atom. The summed E-state index contributed by atoms with van der Waals surface area (Å²) < 4.78 is 40.9. The maximum absolute atomic E-state index is 14.2. The third-order valence-electron chi connectivity index (χ3n) is 6.45. The molecule has 3 aliphatic rings. The first-order valence-corrected chi connectivity index (χ1v) is 11.7. The van der Waals surface area contributed by atoms with Gasteiger partial charge in [-0.25, -0.2) is 18.7 Å². The lowest BCUT2D eigenvalue weighted by molar-refractivity contribution is 0.0247. The van der Waals surface area contributed by atoms with E-state index in [0.717, 1.165) is 17.2 Å². The molecule has 1 unspecified atom stereocenters. The lowest BCUT2D eigenvalue weighted by Crippen LogP contribution is -2.27. The molecule has 1 aliphatic carbocycles. The average molecular weight is 498 g/mol. The van der Waals surface area contributed by atoms with Crippen molar-refractivity contribution >= 4 is 5.57 Å². The summed E-state index contributed by atoms with van der Waals surface area (Å²) in [4.78, 5) is 8.65. The molecule has 37 heavy (non-hydrogen) atoms. The van der Waals surface area contributed by atoms with Gasteiger partial charge in [-0.1, -0.05) is 53.7 Å². The van der Waals surface area contributed by atoms with Crippen molar-refractivity contribution in [3.05, 3.63) is 114 Å². The first-order valence-electron chi connectivity index (χ1n) is 11.7. The summed E-state index contributed by atoms with van der Waals surface area (Å²) in [6.45, 7) is 0.286. The Morgan fingerprint density at radius 1 is 1.05 bits per heavy atom. The number of hydrogen-bond donors (Lipinski definition) is 0. The molecule has 0 bridgehead atoms. The molecule has 1 atom stereocenters. The van der Waals surface area contributed by atoms with E-state index in [1.165, 1.54) is 18.3 Å². The molecule has 0 spiro atoms. The first kappa shape index (κ1) is 22.9. The Hall–Kier alpha value is -4.50. The summed E-state index contributed by atoms with van der Waals surface area (Å²) >= 11 is 0. The van der Waals surface area contributed by atoms with Gasteiger partial charge in [-0.15, -0.1) is 0 Å². The van der Waals surface area contributed by atoms with E-state index < -0.39 is 17.2 Å². The van der Waals surface area contributed by atoms with Gasteiger partial charge < -0.3 is 9.26 Å². The zero-order valence-corrected chi connectivity index (χ0v) is 19.8. The number of ether oxygens (including phenoxy) is 1. The maximum Gasteiger partial charge on any atom is 0.169 e. The van der Waals surface area contributed by atoms with Crippen LogP contribution in [0.25, 0.3) is 28.3 Å². The second-order valence-corrected chi connectivity index (χ2v) is 8.73. The number of benzene rings is 2. The summed E-state index contributed by atoms with van der Waals surface area (Å²) in [5.74, 6) is -1.26. The standard InChI is InChI=1S/C28H21F2N5O2/c1-36-28(12-10-19(11-13-28)18-6-3-2-4-7-18)25-14-20(37-34-25)16-35-17-24-23(15-31-35)32-27(33-24)21-8-5-9-22(29)26(21)30/h2-12,14-15,17H,13,16H2,1H3. The molecule has 2 aliphatic heterocycles. The molecule has 0 N–H and O–H groups in total. The number of halogens is 2. The second-order valence-electron chi connectivity index (χ2n) is 8.73. The lowest BCUT2D eigenvalue weighted by Gasteiger charge is -2.28. The van der Waals surface area contributed by atoms with E-state index in [0.29, 0.717) is 29.3 Å². The van der Waals surface area contributed by atoms with Crippen LogP contribution in [0, 0.1) is 11.6 Å². The van der Waals surface area contributed by atoms with Crippen LogP contribution >= 0.6 is 0 Å². The Morgan fingerprint density at radius 2 is 1.89 bits per heavy atom. The van der Waals surface area contributed by atoms with Gasteiger partial charge in [0.25, 0.3) is 0 Å². The van der Waals surface area contributed by atoms with Gasteiger partial charge >= 0.3 is 0 Å². The van der Waals surface area contributed by atoms with Crippen LogP contribution in [-0.2, 0) is 16.9 Å². The molecular formula is C28H21F2N5O2. The molecule has 9 heteroatoms. The quantitative estimate of drug-likeness (QED) is 0.302. The topological polar surface area (TPSA) is 78.9 Å².